The van der Waals surface area contributed by atoms with Crippen molar-refractivity contribution in [2.24, 2.45) is 5.92 Å². The first-order valence-corrected chi connectivity index (χ1v) is 7.41. The molecule has 0 aliphatic heterocycles. The first kappa shape index (κ1) is 16.5. The third-order valence-corrected chi connectivity index (χ3v) is 4.37. The SMILES string of the molecule is N#Cc1c(F)cc(C2CCC(CCC=C(F)F)CC2)cc1F. The summed E-state index contributed by atoms with van der Waals surface area (Å²) in [6.45, 7) is 0. The van der Waals surface area contributed by atoms with Gasteiger partial charge in [-0.15, -0.1) is 0 Å². The molecular formula is C17H17F4N. The van der Waals surface area contributed by atoms with Crippen molar-refractivity contribution in [3.05, 3.63) is 47.1 Å². The largest absolute Gasteiger partial charge is 0.266 e. The van der Waals surface area contributed by atoms with Gasteiger partial charge >= 0.3 is 0 Å². The molecule has 0 bridgehead atoms. The predicted molar refractivity (Wildman–Crippen MR) is 75.3 cm³/mol. The van der Waals surface area contributed by atoms with Crippen LogP contribution in [0.2, 0.25) is 0 Å². The second-order valence-electron chi connectivity index (χ2n) is 5.76. The Kier molecular flexibility index (Phi) is 5.59. The minimum Gasteiger partial charge on any atom is -0.205 e. The maximum atomic E-state index is 13.6. The van der Waals surface area contributed by atoms with Crippen molar-refractivity contribution < 1.29 is 17.6 Å². The molecule has 5 heteroatoms. The quantitative estimate of drug-likeness (QED) is 0.657. The number of rotatable bonds is 4. The molecule has 1 nitrogen and oxygen atoms in total. The summed E-state index contributed by atoms with van der Waals surface area (Å²) in [5.41, 5.74) is 0.0413. The Labute approximate surface area is 127 Å². The number of nitriles is 1. The number of allylic oxidation sites excluding steroid dienone is 1. The Morgan fingerprint density at radius 1 is 1.14 bits per heavy atom. The molecule has 22 heavy (non-hydrogen) atoms. The topological polar surface area (TPSA) is 23.8 Å². The summed E-state index contributed by atoms with van der Waals surface area (Å²) in [5.74, 6) is -1.17. The zero-order valence-corrected chi connectivity index (χ0v) is 12.1. The molecule has 0 amide bonds. The zero-order chi connectivity index (χ0) is 16.1. The minimum absolute atomic E-state index is 0.0708. The maximum absolute atomic E-state index is 13.6. The highest BCUT2D eigenvalue weighted by Gasteiger charge is 2.24. The molecule has 1 fully saturated rings. The standard InChI is InChI=1S/C17H17F4N/c18-15-8-13(9-16(19)14(15)10-22)12-6-4-11(5-7-12)2-1-3-17(20)21/h3,8-9,11-12H,1-2,4-7H2. The smallest absolute Gasteiger partial charge is 0.205 e. The third kappa shape index (κ3) is 4.09. The fourth-order valence-electron chi connectivity index (χ4n) is 3.15. The van der Waals surface area contributed by atoms with Crippen molar-refractivity contribution >= 4 is 0 Å². The Hall–Kier alpha value is -1.83. The summed E-state index contributed by atoms with van der Waals surface area (Å²) in [4.78, 5) is 0. The molecule has 1 saturated carbocycles. The summed E-state index contributed by atoms with van der Waals surface area (Å²) >= 11 is 0. The van der Waals surface area contributed by atoms with Gasteiger partial charge < -0.3 is 0 Å². The van der Waals surface area contributed by atoms with Crippen LogP contribution in [-0.2, 0) is 0 Å². The normalized spacial score (nSPS) is 21.2. The molecule has 1 aliphatic rings. The molecule has 1 aliphatic carbocycles. The molecule has 118 valence electrons. The molecule has 0 atom stereocenters. The van der Waals surface area contributed by atoms with Crippen LogP contribution in [0.1, 0.15) is 55.6 Å². The van der Waals surface area contributed by atoms with E-state index in [-0.39, 0.29) is 5.92 Å². The monoisotopic (exact) mass is 311 g/mol. The summed E-state index contributed by atoms with van der Waals surface area (Å²) < 4.78 is 51.2. The van der Waals surface area contributed by atoms with E-state index in [9.17, 15) is 17.6 Å². The van der Waals surface area contributed by atoms with Gasteiger partial charge in [-0.25, -0.2) is 8.78 Å². The summed E-state index contributed by atoms with van der Waals surface area (Å²) in [5, 5.41) is 8.67. The highest BCUT2D eigenvalue weighted by Crippen LogP contribution is 2.38. The fourth-order valence-corrected chi connectivity index (χ4v) is 3.15. The molecule has 0 N–H and O–H groups in total. The average molecular weight is 311 g/mol. The van der Waals surface area contributed by atoms with Gasteiger partial charge in [-0.3, -0.25) is 0 Å². The number of hydrogen-bond acceptors (Lipinski definition) is 1. The van der Waals surface area contributed by atoms with E-state index in [4.69, 9.17) is 5.26 Å². The van der Waals surface area contributed by atoms with Gasteiger partial charge in [-0.1, -0.05) is 0 Å². The van der Waals surface area contributed by atoms with Gasteiger partial charge in [0, 0.05) is 0 Å². The lowest BCUT2D eigenvalue weighted by molar-refractivity contribution is 0.309. The second kappa shape index (κ2) is 7.44. The molecule has 0 unspecified atom stereocenters. The highest BCUT2D eigenvalue weighted by molar-refractivity contribution is 5.36. The van der Waals surface area contributed by atoms with Crippen LogP contribution < -0.4 is 0 Å². The molecule has 0 radical (unpaired) electrons. The Bertz CT molecular complexity index is 568. The highest BCUT2D eigenvalue weighted by atomic mass is 19.3. The molecule has 0 saturated heterocycles. The lowest BCUT2D eigenvalue weighted by Gasteiger charge is -2.28. The minimum atomic E-state index is -1.64. The van der Waals surface area contributed by atoms with E-state index in [1.54, 1.807) is 0 Å². The first-order chi connectivity index (χ1) is 10.5. The molecular weight excluding hydrogens is 294 g/mol. The van der Waals surface area contributed by atoms with Crippen molar-refractivity contribution in [2.75, 3.05) is 0 Å². The summed E-state index contributed by atoms with van der Waals surface area (Å²) in [6.07, 6.45) is 3.71. The van der Waals surface area contributed by atoms with Gasteiger partial charge in [0.1, 0.15) is 23.3 Å². The van der Waals surface area contributed by atoms with E-state index in [0.717, 1.165) is 38.2 Å². The van der Waals surface area contributed by atoms with Gasteiger partial charge in [-0.2, -0.15) is 14.0 Å². The zero-order valence-electron chi connectivity index (χ0n) is 12.1. The van der Waals surface area contributed by atoms with Crippen LogP contribution >= 0.6 is 0 Å². The molecule has 0 aromatic heterocycles. The number of halogens is 4. The van der Waals surface area contributed by atoms with E-state index < -0.39 is 23.3 Å². The van der Waals surface area contributed by atoms with Crippen molar-refractivity contribution in [2.45, 2.75) is 44.4 Å². The number of nitrogens with zero attached hydrogens (tertiary/aromatic N) is 1. The maximum Gasteiger partial charge on any atom is 0.266 e. The van der Waals surface area contributed by atoms with Gasteiger partial charge in [-0.05, 0) is 74.1 Å². The molecule has 1 aromatic carbocycles. The third-order valence-electron chi connectivity index (χ3n) is 4.37. The van der Waals surface area contributed by atoms with E-state index in [1.165, 1.54) is 18.2 Å². The van der Waals surface area contributed by atoms with Gasteiger partial charge in [0.2, 0.25) is 0 Å². The van der Waals surface area contributed by atoms with Crippen LogP contribution in [0.5, 0.6) is 0 Å². The predicted octanol–water partition coefficient (Wildman–Crippen LogP) is 5.67. The van der Waals surface area contributed by atoms with E-state index in [2.05, 4.69) is 0 Å². The first-order valence-electron chi connectivity index (χ1n) is 7.41. The summed E-state index contributed by atoms with van der Waals surface area (Å²) in [7, 11) is 0. The fraction of sp³-hybridized carbons (Fsp3) is 0.471. The van der Waals surface area contributed by atoms with Crippen molar-refractivity contribution in [3.63, 3.8) is 0 Å². The van der Waals surface area contributed by atoms with Gasteiger partial charge in [0.05, 0.1) is 0 Å². The van der Waals surface area contributed by atoms with Crippen LogP contribution in [-0.4, -0.2) is 0 Å². The van der Waals surface area contributed by atoms with Crippen LogP contribution in [0.4, 0.5) is 17.6 Å². The van der Waals surface area contributed by atoms with Crippen molar-refractivity contribution in [1.29, 1.82) is 5.26 Å². The average Bonchev–Trinajstić information content (AvgIpc) is 2.47. The number of benzene rings is 1. The van der Waals surface area contributed by atoms with Crippen LogP contribution in [0, 0.1) is 28.9 Å². The van der Waals surface area contributed by atoms with Crippen molar-refractivity contribution in [3.8, 4) is 6.07 Å². The van der Waals surface area contributed by atoms with E-state index in [0.29, 0.717) is 17.9 Å². The second-order valence-corrected chi connectivity index (χ2v) is 5.76. The summed E-state index contributed by atoms with van der Waals surface area (Å²) in [6, 6.07) is 4.00. The van der Waals surface area contributed by atoms with Crippen LogP contribution in [0.3, 0.4) is 0 Å². The van der Waals surface area contributed by atoms with Gasteiger partial charge in [0.15, 0.2) is 0 Å². The van der Waals surface area contributed by atoms with Crippen LogP contribution in [0.15, 0.2) is 24.3 Å². The van der Waals surface area contributed by atoms with Gasteiger partial charge in [0.25, 0.3) is 6.08 Å². The van der Waals surface area contributed by atoms with Crippen molar-refractivity contribution in [1.82, 2.24) is 0 Å². The Morgan fingerprint density at radius 2 is 1.73 bits per heavy atom. The lowest BCUT2D eigenvalue weighted by Crippen LogP contribution is -2.14. The van der Waals surface area contributed by atoms with Crippen LogP contribution in [0.25, 0.3) is 0 Å². The van der Waals surface area contributed by atoms with E-state index >= 15 is 0 Å². The molecule has 0 spiro atoms. The molecule has 2 rings (SSSR count). The molecule has 0 heterocycles. The number of hydrogen-bond donors (Lipinski definition) is 0. The lowest BCUT2D eigenvalue weighted by atomic mass is 9.77. The Balaban J connectivity index is 1.95. The molecule has 1 aromatic rings. The Morgan fingerprint density at radius 3 is 2.23 bits per heavy atom. The van der Waals surface area contributed by atoms with E-state index in [1.807, 2.05) is 0 Å².